The van der Waals surface area contributed by atoms with Gasteiger partial charge in [-0.1, -0.05) is 78.9 Å². The van der Waals surface area contributed by atoms with E-state index in [9.17, 15) is 0 Å². The largest absolute Gasteiger partial charge is 0.372 e. The number of aryl methyl sites for hydroxylation is 1. The van der Waals surface area contributed by atoms with Gasteiger partial charge in [-0.05, 0) is 24.8 Å². The van der Waals surface area contributed by atoms with Crippen LogP contribution in [0.1, 0.15) is 56.8 Å². The molecular weight excluding hydrogens is 300 g/mol. The highest BCUT2D eigenvalue weighted by Gasteiger charge is 2.13. The third-order valence-electron chi connectivity index (χ3n) is 3.67. The van der Waals surface area contributed by atoms with Gasteiger partial charge < -0.3 is 4.74 Å². The quantitative estimate of drug-likeness (QED) is 0.531. The van der Waals surface area contributed by atoms with E-state index in [1.807, 2.05) is 0 Å². The van der Waals surface area contributed by atoms with Crippen LogP contribution in [0.5, 0.6) is 0 Å². The van der Waals surface area contributed by atoms with Crippen LogP contribution in [0.2, 0.25) is 0 Å². The third kappa shape index (κ3) is 6.09. The molecule has 1 rings (SSSR count). The maximum Gasteiger partial charge on any atom is 0.0921 e. The Kier molecular flexibility index (Phi) is 8.40. The summed E-state index contributed by atoms with van der Waals surface area (Å²) in [6.07, 6.45) is 5.26. The summed E-state index contributed by atoms with van der Waals surface area (Å²) < 4.78 is 6.12. The molecule has 2 heteroatoms. The van der Waals surface area contributed by atoms with E-state index in [-0.39, 0.29) is 6.10 Å². The zero-order chi connectivity index (χ0) is 14.1. The molecule has 0 aliphatic carbocycles. The third-order valence-corrected chi connectivity index (χ3v) is 4.25. The Balaban J connectivity index is 2.49. The molecule has 108 valence electrons. The maximum absolute atomic E-state index is 6.12. The van der Waals surface area contributed by atoms with Crippen molar-refractivity contribution in [1.29, 1.82) is 0 Å². The predicted molar refractivity (Wildman–Crippen MR) is 87.0 cm³/mol. The Hall–Kier alpha value is -0.340. The molecule has 1 aromatic carbocycles. The molecular formula is C17H27BrO. The summed E-state index contributed by atoms with van der Waals surface area (Å²) in [7, 11) is 0. The predicted octanol–water partition coefficient (Wildman–Crippen LogP) is 5.66. The van der Waals surface area contributed by atoms with Crippen molar-refractivity contribution < 1.29 is 4.74 Å². The lowest BCUT2D eigenvalue weighted by Crippen LogP contribution is -2.14. The van der Waals surface area contributed by atoms with Gasteiger partial charge >= 0.3 is 0 Å². The average molecular weight is 327 g/mol. The standard InChI is InChI=1S/C17H27BrO/c1-4-6-7-15(5-2)13-19-17(12-18)16-10-8-14(3)9-11-16/h8-11,15,17H,4-7,12-13H2,1-3H3. The average Bonchev–Trinajstić information content (AvgIpc) is 2.44. The van der Waals surface area contributed by atoms with E-state index in [1.165, 1.54) is 36.8 Å². The second kappa shape index (κ2) is 9.55. The first-order valence-electron chi connectivity index (χ1n) is 7.45. The Morgan fingerprint density at radius 3 is 2.37 bits per heavy atom. The number of hydrogen-bond acceptors (Lipinski definition) is 1. The molecule has 0 spiro atoms. The fourth-order valence-corrected chi connectivity index (χ4v) is 2.72. The minimum absolute atomic E-state index is 0.177. The van der Waals surface area contributed by atoms with Gasteiger partial charge in [-0.3, -0.25) is 0 Å². The summed E-state index contributed by atoms with van der Waals surface area (Å²) >= 11 is 3.57. The van der Waals surface area contributed by atoms with Gasteiger partial charge in [-0.15, -0.1) is 0 Å². The minimum atomic E-state index is 0.177. The summed E-state index contributed by atoms with van der Waals surface area (Å²) in [6.45, 7) is 7.51. The van der Waals surface area contributed by atoms with Gasteiger partial charge in [0.05, 0.1) is 12.7 Å². The number of rotatable bonds is 9. The van der Waals surface area contributed by atoms with E-state index < -0.39 is 0 Å². The van der Waals surface area contributed by atoms with E-state index >= 15 is 0 Å². The van der Waals surface area contributed by atoms with Crippen molar-refractivity contribution in [2.75, 3.05) is 11.9 Å². The lowest BCUT2D eigenvalue weighted by atomic mass is 10.0. The van der Waals surface area contributed by atoms with Crippen molar-refractivity contribution >= 4 is 15.9 Å². The van der Waals surface area contributed by atoms with Gasteiger partial charge in [0, 0.05) is 5.33 Å². The van der Waals surface area contributed by atoms with Gasteiger partial charge in [0.1, 0.15) is 0 Å². The fourth-order valence-electron chi connectivity index (χ4n) is 2.16. The molecule has 0 aromatic heterocycles. The van der Waals surface area contributed by atoms with E-state index in [4.69, 9.17) is 4.74 Å². The monoisotopic (exact) mass is 326 g/mol. The fraction of sp³-hybridized carbons (Fsp3) is 0.647. The normalized spacial score (nSPS) is 14.3. The first-order chi connectivity index (χ1) is 9.21. The first kappa shape index (κ1) is 16.7. The number of halogens is 1. The molecule has 0 radical (unpaired) electrons. The van der Waals surface area contributed by atoms with Gasteiger partial charge in [-0.25, -0.2) is 0 Å². The molecule has 1 aromatic rings. The molecule has 0 saturated carbocycles. The van der Waals surface area contributed by atoms with Crippen LogP contribution in [-0.4, -0.2) is 11.9 Å². The van der Waals surface area contributed by atoms with Crippen LogP contribution in [0.3, 0.4) is 0 Å². The second-order valence-corrected chi connectivity index (χ2v) is 5.95. The van der Waals surface area contributed by atoms with Crippen molar-refractivity contribution in [1.82, 2.24) is 0 Å². The number of ether oxygens (including phenoxy) is 1. The maximum atomic E-state index is 6.12. The molecule has 0 heterocycles. The van der Waals surface area contributed by atoms with Crippen molar-refractivity contribution in [3.63, 3.8) is 0 Å². The van der Waals surface area contributed by atoms with Crippen LogP contribution in [0, 0.1) is 12.8 Å². The summed E-state index contributed by atoms with van der Waals surface area (Å²) in [5, 5.41) is 0.861. The SMILES string of the molecule is CCCCC(CC)COC(CBr)c1ccc(C)cc1. The smallest absolute Gasteiger partial charge is 0.0921 e. The minimum Gasteiger partial charge on any atom is -0.372 e. The van der Waals surface area contributed by atoms with Crippen LogP contribution in [0.25, 0.3) is 0 Å². The molecule has 0 aliphatic rings. The Morgan fingerprint density at radius 1 is 1.16 bits per heavy atom. The molecule has 0 saturated heterocycles. The van der Waals surface area contributed by atoms with E-state index in [1.54, 1.807) is 0 Å². The summed E-state index contributed by atoms with van der Waals surface area (Å²) in [6, 6.07) is 8.66. The lowest BCUT2D eigenvalue weighted by Gasteiger charge is -2.20. The Morgan fingerprint density at radius 2 is 1.84 bits per heavy atom. The molecule has 0 aliphatic heterocycles. The van der Waals surface area contributed by atoms with Crippen LogP contribution in [0.15, 0.2) is 24.3 Å². The van der Waals surface area contributed by atoms with E-state index in [0.29, 0.717) is 5.92 Å². The van der Waals surface area contributed by atoms with Crippen molar-refractivity contribution in [2.24, 2.45) is 5.92 Å². The highest BCUT2D eigenvalue weighted by Crippen LogP contribution is 2.23. The van der Waals surface area contributed by atoms with Crippen LogP contribution < -0.4 is 0 Å². The molecule has 19 heavy (non-hydrogen) atoms. The first-order valence-corrected chi connectivity index (χ1v) is 8.57. The van der Waals surface area contributed by atoms with Crippen LogP contribution >= 0.6 is 15.9 Å². The van der Waals surface area contributed by atoms with Gasteiger partial charge in [0.2, 0.25) is 0 Å². The summed E-state index contributed by atoms with van der Waals surface area (Å²) in [5.41, 5.74) is 2.57. The molecule has 1 nitrogen and oxygen atoms in total. The van der Waals surface area contributed by atoms with Crippen LogP contribution in [-0.2, 0) is 4.74 Å². The highest BCUT2D eigenvalue weighted by atomic mass is 79.9. The number of unbranched alkanes of at least 4 members (excludes halogenated alkanes) is 1. The van der Waals surface area contributed by atoms with E-state index in [2.05, 4.69) is 61.0 Å². The summed E-state index contributed by atoms with van der Waals surface area (Å²) in [4.78, 5) is 0. The molecule has 0 bridgehead atoms. The lowest BCUT2D eigenvalue weighted by molar-refractivity contribution is 0.0393. The molecule has 0 N–H and O–H groups in total. The van der Waals surface area contributed by atoms with E-state index in [0.717, 1.165) is 11.9 Å². The van der Waals surface area contributed by atoms with Crippen molar-refractivity contribution in [3.05, 3.63) is 35.4 Å². The van der Waals surface area contributed by atoms with Gasteiger partial charge in [0.25, 0.3) is 0 Å². The topological polar surface area (TPSA) is 9.23 Å². The zero-order valence-corrected chi connectivity index (χ0v) is 14.1. The van der Waals surface area contributed by atoms with Crippen molar-refractivity contribution in [3.8, 4) is 0 Å². The molecule has 2 unspecified atom stereocenters. The van der Waals surface area contributed by atoms with Gasteiger partial charge in [0.15, 0.2) is 0 Å². The van der Waals surface area contributed by atoms with Crippen molar-refractivity contribution in [2.45, 2.75) is 52.6 Å². The highest BCUT2D eigenvalue weighted by molar-refractivity contribution is 9.09. The molecule has 0 amide bonds. The Bertz CT molecular complexity index is 334. The number of benzene rings is 1. The summed E-state index contributed by atoms with van der Waals surface area (Å²) in [5.74, 6) is 0.701. The zero-order valence-electron chi connectivity index (χ0n) is 12.5. The van der Waals surface area contributed by atoms with Crippen LogP contribution in [0.4, 0.5) is 0 Å². The molecule has 2 atom stereocenters. The van der Waals surface area contributed by atoms with Gasteiger partial charge in [-0.2, -0.15) is 0 Å². The Labute approximate surface area is 126 Å². The number of hydrogen-bond donors (Lipinski definition) is 0. The second-order valence-electron chi connectivity index (χ2n) is 5.30. The molecule has 0 fully saturated rings. The number of alkyl halides is 1.